The number of hydrogen-bond acceptors (Lipinski definition) is 2. The van der Waals surface area contributed by atoms with Crippen LogP contribution in [0.25, 0.3) is 0 Å². The number of ether oxygens (including phenoxy) is 1. The summed E-state index contributed by atoms with van der Waals surface area (Å²) in [6.45, 7) is 3.94. The molecule has 128 valence electrons. The number of nitrogens with one attached hydrogen (secondary N) is 1. The number of carbonyl (C=O) groups is 1. The summed E-state index contributed by atoms with van der Waals surface area (Å²) in [7, 11) is 0. The molecule has 0 aliphatic rings. The molecule has 0 spiro atoms. The van der Waals surface area contributed by atoms with Gasteiger partial charge in [0, 0.05) is 11.8 Å². The minimum atomic E-state index is -0.257. The molecule has 0 atom stereocenters. The Kier molecular flexibility index (Phi) is 6.79. The van der Waals surface area contributed by atoms with E-state index in [0.29, 0.717) is 20.8 Å². The predicted molar refractivity (Wildman–Crippen MR) is 101 cm³/mol. The van der Waals surface area contributed by atoms with Crippen LogP contribution in [-0.2, 0) is 17.6 Å². The van der Waals surface area contributed by atoms with Crippen LogP contribution in [-0.4, -0.2) is 12.5 Å². The minimum Gasteiger partial charge on any atom is -0.482 e. The summed E-state index contributed by atoms with van der Waals surface area (Å²) in [4.78, 5) is 12.2. The van der Waals surface area contributed by atoms with E-state index in [-0.39, 0.29) is 12.5 Å². The van der Waals surface area contributed by atoms with Crippen molar-refractivity contribution < 1.29 is 9.53 Å². The van der Waals surface area contributed by atoms with Gasteiger partial charge < -0.3 is 10.1 Å². The van der Waals surface area contributed by atoms with Crippen molar-refractivity contribution in [1.29, 1.82) is 0 Å². The van der Waals surface area contributed by atoms with Crippen molar-refractivity contribution in [1.82, 2.24) is 0 Å². The molecule has 1 N–H and O–H groups in total. The van der Waals surface area contributed by atoms with Crippen LogP contribution in [0, 0.1) is 0 Å². The SMILES string of the molecule is CCc1cccc(CC)c1NC(=O)COc1cc(Cl)c(Cl)cc1Cl. The molecule has 0 heterocycles. The number of para-hydroxylation sites is 1. The average molecular weight is 387 g/mol. The quantitative estimate of drug-likeness (QED) is 0.638. The zero-order valence-corrected chi connectivity index (χ0v) is 15.7. The van der Waals surface area contributed by atoms with Gasteiger partial charge in [0.05, 0.1) is 15.1 Å². The number of amides is 1. The Hall–Kier alpha value is -1.42. The second kappa shape index (κ2) is 8.61. The number of carbonyl (C=O) groups excluding carboxylic acids is 1. The Morgan fingerprint density at radius 3 is 2.17 bits per heavy atom. The van der Waals surface area contributed by atoms with Crippen molar-refractivity contribution in [3.8, 4) is 5.75 Å². The van der Waals surface area contributed by atoms with Gasteiger partial charge in [-0.3, -0.25) is 4.79 Å². The Morgan fingerprint density at radius 1 is 1.00 bits per heavy atom. The molecule has 3 nitrogen and oxygen atoms in total. The summed E-state index contributed by atoms with van der Waals surface area (Å²) in [6.07, 6.45) is 1.67. The maximum Gasteiger partial charge on any atom is 0.262 e. The van der Waals surface area contributed by atoms with Crippen LogP contribution in [0.5, 0.6) is 5.75 Å². The van der Waals surface area contributed by atoms with Crippen molar-refractivity contribution in [2.24, 2.45) is 0 Å². The highest BCUT2D eigenvalue weighted by Gasteiger charge is 2.12. The highest BCUT2D eigenvalue weighted by Crippen LogP contribution is 2.33. The molecule has 1 amide bonds. The fraction of sp³-hybridized carbons (Fsp3) is 0.278. The average Bonchev–Trinajstić information content (AvgIpc) is 2.57. The molecule has 0 bridgehead atoms. The number of hydrogen-bond donors (Lipinski definition) is 1. The fourth-order valence-electron chi connectivity index (χ4n) is 2.34. The minimum absolute atomic E-state index is 0.168. The molecular formula is C18H18Cl3NO2. The Bertz CT molecular complexity index is 725. The fourth-order valence-corrected chi connectivity index (χ4v) is 2.93. The van der Waals surface area contributed by atoms with Gasteiger partial charge in [0.15, 0.2) is 6.61 Å². The molecule has 0 aliphatic heterocycles. The first-order chi connectivity index (χ1) is 11.5. The molecule has 0 fully saturated rings. The highest BCUT2D eigenvalue weighted by molar-refractivity contribution is 6.43. The Morgan fingerprint density at radius 2 is 1.58 bits per heavy atom. The zero-order valence-electron chi connectivity index (χ0n) is 13.5. The second-order valence-electron chi connectivity index (χ2n) is 5.19. The zero-order chi connectivity index (χ0) is 17.7. The van der Waals surface area contributed by atoms with E-state index in [4.69, 9.17) is 39.5 Å². The van der Waals surface area contributed by atoms with Gasteiger partial charge >= 0.3 is 0 Å². The molecule has 6 heteroatoms. The number of anilines is 1. The summed E-state index contributed by atoms with van der Waals surface area (Å²) in [5.74, 6) is 0.0634. The molecule has 0 aromatic heterocycles. The smallest absolute Gasteiger partial charge is 0.262 e. The van der Waals surface area contributed by atoms with Gasteiger partial charge in [-0.15, -0.1) is 0 Å². The van der Waals surface area contributed by atoms with E-state index in [9.17, 15) is 4.79 Å². The van der Waals surface area contributed by atoms with Crippen molar-refractivity contribution in [3.05, 3.63) is 56.5 Å². The predicted octanol–water partition coefficient (Wildman–Crippen LogP) is 5.79. The number of halogens is 3. The Balaban J connectivity index is 2.08. The maximum absolute atomic E-state index is 12.2. The third kappa shape index (κ3) is 4.56. The molecule has 24 heavy (non-hydrogen) atoms. The van der Waals surface area contributed by atoms with Crippen LogP contribution < -0.4 is 10.1 Å². The van der Waals surface area contributed by atoms with E-state index in [0.717, 1.165) is 29.7 Å². The number of rotatable bonds is 6. The van der Waals surface area contributed by atoms with Crippen LogP contribution in [0.15, 0.2) is 30.3 Å². The number of benzene rings is 2. The molecule has 0 saturated heterocycles. The van der Waals surface area contributed by atoms with Crippen molar-refractivity contribution >= 4 is 46.4 Å². The third-order valence-electron chi connectivity index (χ3n) is 3.60. The first-order valence-corrected chi connectivity index (χ1v) is 8.77. The first-order valence-electron chi connectivity index (χ1n) is 7.64. The molecule has 0 aliphatic carbocycles. The van der Waals surface area contributed by atoms with E-state index in [1.165, 1.54) is 12.1 Å². The van der Waals surface area contributed by atoms with Gasteiger partial charge in [-0.1, -0.05) is 66.8 Å². The normalized spacial score (nSPS) is 10.5. The van der Waals surface area contributed by atoms with Crippen molar-refractivity contribution in [2.45, 2.75) is 26.7 Å². The largest absolute Gasteiger partial charge is 0.482 e. The summed E-state index contributed by atoms with van der Waals surface area (Å²) in [6, 6.07) is 8.99. The topological polar surface area (TPSA) is 38.3 Å². The van der Waals surface area contributed by atoms with Gasteiger partial charge in [0.2, 0.25) is 0 Å². The van der Waals surface area contributed by atoms with Gasteiger partial charge in [-0.2, -0.15) is 0 Å². The van der Waals surface area contributed by atoms with E-state index in [1.54, 1.807) is 0 Å². The lowest BCUT2D eigenvalue weighted by molar-refractivity contribution is -0.118. The van der Waals surface area contributed by atoms with Crippen molar-refractivity contribution in [3.63, 3.8) is 0 Å². The summed E-state index contributed by atoms with van der Waals surface area (Å²) in [5.41, 5.74) is 3.04. The number of aryl methyl sites for hydroxylation is 2. The molecule has 2 aromatic carbocycles. The van der Waals surface area contributed by atoms with Gasteiger partial charge in [0.25, 0.3) is 5.91 Å². The van der Waals surface area contributed by atoms with Crippen molar-refractivity contribution in [2.75, 3.05) is 11.9 Å². The van der Waals surface area contributed by atoms with Crippen LogP contribution in [0.2, 0.25) is 15.1 Å². The standard InChI is InChI=1S/C18H18Cl3NO2/c1-3-11-6-5-7-12(4-2)18(11)22-17(23)10-24-16-9-14(20)13(19)8-15(16)21/h5-9H,3-4,10H2,1-2H3,(H,22,23). The van der Waals surface area contributed by atoms with E-state index in [1.807, 2.05) is 18.2 Å². The van der Waals surface area contributed by atoms with Gasteiger partial charge in [-0.25, -0.2) is 0 Å². The molecular weight excluding hydrogens is 369 g/mol. The summed E-state index contributed by atoms with van der Waals surface area (Å²) < 4.78 is 5.47. The van der Waals surface area contributed by atoms with Crippen LogP contribution in [0.1, 0.15) is 25.0 Å². The third-order valence-corrected chi connectivity index (χ3v) is 4.61. The van der Waals surface area contributed by atoms with Crippen LogP contribution in [0.4, 0.5) is 5.69 Å². The Labute approximate surface area is 156 Å². The van der Waals surface area contributed by atoms with Crippen LogP contribution in [0.3, 0.4) is 0 Å². The van der Waals surface area contributed by atoms with Gasteiger partial charge in [0.1, 0.15) is 5.75 Å². The lowest BCUT2D eigenvalue weighted by Crippen LogP contribution is -2.22. The molecule has 2 rings (SSSR count). The highest BCUT2D eigenvalue weighted by atomic mass is 35.5. The second-order valence-corrected chi connectivity index (χ2v) is 6.41. The molecule has 0 radical (unpaired) electrons. The summed E-state index contributed by atoms with van der Waals surface area (Å²) in [5, 5.41) is 3.89. The van der Waals surface area contributed by atoms with Gasteiger partial charge in [-0.05, 0) is 30.0 Å². The lowest BCUT2D eigenvalue weighted by Gasteiger charge is -2.15. The summed E-state index contributed by atoms with van der Waals surface area (Å²) >= 11 is 17.9. The molecule has 0 unspecified atom stereocenters. The van der Waals surface area contributed by atoms with E-state index < -0.39 is 0 Å². The maximum atomic E-state index is 12.2. The molecule has 2 aromatic rings. The first kappa shape index (κ1) is 18.9. The lowest BCUT2D eigenvalue weighted by atomic mass is 10.0. The van der Waals surface area contributed by atoms with E-state index in [2.05, 4.69) is 19.2 Å². The van der Waals surface area contributed by atoms with Crippen LogP contribution >= 0.6 is 34.8 Å². The molecule has 0 saturated carbocycles. The van der Waals surface area contributed by atoms with E-state index >= 15 is 0 Å². The monoisotopic (exact) mass is 385 g/mol.